The maximum Gasteiger partial charge on any atom is 0.276 e. The highest BCUT2D eigenvalue weighted by molar-refractivity contribution is 7.98. The number of carbonyl (C=O) groups is 1. The van der Waals surface area contributed by atoms with Gasteiger partial charge in [0.05, 0.1) is 23.6 Å². The quantitative estimate of drug-likeness (QED) is 0.411. The van der Waals surface area contributed by atoms with Crippen molar-refractivity contribution in [1.29, 1.82) is 0 Å². The van der Waals surface area contributed by atoms with Crippen molar-refractivity contribution in [3.05, 3.63) is 58.1 Å². The molecule has 1 amide bonds. The van der Waals surface area contributed by atoms with Gasteiger partial charge in [0.25, 0.3) is 5.91 Å². The van der Waals surface area contributed by atoms with Gasteiger partial charge in [-0.15, -0.1) is 5.10 Å². The zero-order chi connectivity index (χ0) is 22.8. The van der Waals surface area contributed by atoms with Crippen molar-refractivity contribution in [3.63, 3.8) is 0 Å². The first-order chi connectivity index (χ1) is 15.3. The van der Waals surface area contributed by atoms with Gasteiger partial charge in [0.2, 0.25) is 0 Å². The summed E-state index contributed by atoms with van der Waals surface area (Å²) in [5.74, 6) is 0.291. The number of aromatic nitrogens is 5. The molecule has 8 nitrogen and oxygen atoms in total. The molecule has 0 saturated carbocycles. The Morgan fingerprint density at radius 1 is 1.12 bits per heavy atom. The van der Waals surface area contributed by atoms with E-state index in [1.54, 1.807) is 21.7 Å². The molecule has 168 valence electrons. The second-order valence-electron chi connectivity index (χ2n) is 7.96. The normalized spacial score (nSPS) is 18.7. The van der Waals surface area contributed by atoms with E-state index in [2.05, 4.69) is 20.3 Å². The Morgan fingerprint density at radius 2 is 1.75 bits per heavy atom. The van der Waals surface area contributed by atoms with E-state index in [0.29, 0.717) is 40.4 Å². The van der Waals surface area contributed by atoms with Gasteiger partial charge >= 0.3 is 0 Å². The van der Waals surface area contributed by atoms with Crippen LogP contribution in [0.2, 0.25) is 5.02 Å². The highest BCUT2D eigenvalue weighted by Crippen LogP contribution is 2.25. The third-order valence-corrected chi connectivity index (χ3v) is 6.15. The van der Waals surface area contributed by atoms with Gasteiger partial charge in [-0.1, -0.05) is 28.6 Å². The van der Waals surface area contributed by atoms with Crippen molar-refractivity contribution in [2.24, 2.45) is 0 Å². The van der Waals surface area contributed by atoms with Crippen LogP contribution in [0.25, 0.3) is 5.69 Å². The van der Waals surface area contributed by atoms with Gasteiger partial charge in [-0.2, -0.15) is 0 Å². The van der Waals surface area contributed by atoms with Crippen LogP contribution in [-0.2, 0) is 10.5 Å². The van der Waals surface area contributed by atoms with Gasteiger partial charge in [-0.25, -0.2) is 14.6 Å². The highest BCUT2D eigenvalue weighted by atomic mass is 35.5. The predicted octanol–water partition coefficient (Wildman–Crippen LogP) is 3.87. The molecule has 0 bridgehead atoms. The lowest BCUT2D eigenvalue weighted by Gasteiger charge is -2.35. The van der Waals surface area contributed by atoms with Gasteiger partial charge in [0, 0.05) is 35.3 Å². The number of carbonyl (C=O) groups excluding carboxylic acids is 1. The van der Waals surface area contributed by atoms with Crippen molar-refractivity contribution in [2.45, 2.75) is 50.8 Å². The van der Waals surface area contributed by atoms with Crippen LogP contribution in [0.1, 0.15) is 41.4 Å². The van der Waals surface area contributed by atoms with Crippen molar-refractivity contribution in [1.82, 2.24) is 29.9 Å². The second kappa shape index (κ2) is 9.56. The fraction of sp³-hybridized carbons (Fsp3) is 0.409. The maximum absolute atomic E-state index is 13.4. The molecular weight excluding hydrogens is 448 g/mol. The minimum absolute atomic E-state index is 0.0319. The number of aryl methyl sites for hydroxylation is 2. The molecule has 1 saturated heterocycles. The topological polar surface area (TPSA) is 86.0 Å². The van der Waals surface area contributed by atoms with Gasteiger partial charge in [0.1, 0.15) is 0 Å². The number of halogens is 1. The van der Waals surface area contributed by atoms with Crippen LogP contribution in [0.4, 0.5) is 0 Å². The van der Waals surface area contributed by atoms with E-state index in [0.717, 1.165) is 17.1 Å². The Morgan fingerprint density at radius 3 is 2.38 bits per heavy atom. The van der Waals surface area contributed by atoms with Crippen LogP contribution in [0.15, 0.2) is 35.5 Å². The van der Waals surface area contributed by atoms with Crippen LogP contribution in [0.3, 0.4) is 0 Å². The zero-order valence-electron chi connectivity index (χ0n) is 18.4. The molecule has 1 aliphatic rings. The first-order valence-electron chi connectivity index (χ1n) is 10.4. The van der Waals surface area contributed by atoms with E-state index in [1.807, 2.05) is 45.9 Å². The van der Waals surface area contributed by atoms with E-state index in [-0.39, 0.29) is 18.1 Å². The monoisotopic (exact) mass is 472 g/mol. The summed E-state index contributed by atoms with van der Waals surface area (Å²) in [5.41, 5.74) is 3.60. The van der Waals surface area contributed by atoms with Crippen molar-refractivity contribution >= 4 is 29.3 Å². The third kappa shape index (κ3) is 5.11. The first-order valence-corrected chi connectivity index (χ1v) is 11.8. The van der Waals surface area contributed by atoms with E-state index in [4.69, 9.17) is 16.3 Å². The fourth-order valence-corrected chi connectivity index (χ4v) is 4.84. The van der Waals surface area contributed by atoms with Gasteiger partial charge < -0.3 is 9.64 Å². The summed E-state index contributed by atoms with van der Waals surface area (Å²) in [6.45, 7) is 8.85. The minimum atomic E-state index is -0.149. The zero-order valence-corrected chi connectivity index (χ0v) is 20.0. The molecule has 0 aliphatic carbocycles. The number of hydrogen-bond donors (Lipinski definition) is 0. The van der Waals surface area contributed by atoms with Crippen molar-refractivity contribution < 1.29 is 9.53 Å². The molecule has 1 fully saturated rings. The number of rotatable bonds is 5. The van der Waals surface area contributed by atoms with Crippen LogP contribution in [0, 0.1) is 13.8 Å². The summed E-state index contributed by atoms with van der Waals surface area (Å²) in [4.78, 5) is 24.2. The van der Waals surface area contributed by atoms with Crippen molar-refractivity contribution in [2.75, 3.05) is 13.1 Å². The number of thioether (sulfide) groups is 1. The van der Waals surface area contributed by atoms with Crippen LogP contribution < -0.4 is 0 Å². The first kappa shape index (κ1) is 22.7. The molecule has 2 unspecified atom stereocenters. The number of nitrogens with zero attached hydrogens (tertiary/aromatic N) is 6. The van der Waals surface area contributed by atoms with Crippen LogP contribution in [0.5, 0.6) is 0 Å². The van der Waals surface area contributed by atoms with Crippen molar-refractivity contribution in [3.8, 4) is 5.69 Å². The average molecular weight is 473 g/mol. The molecule has 32 heavy (non-hydrogen) atoms. The highest BCUT2D eigenvalue weighted by Gasteiger charge is 2.31. The lowest BCUT2D eigenvalue weighted by Crippen LogP contribution is -2.48. The molecule has 4 rings (SSSR count). The predicted molar refractivity (Wildman–Crippen MR) is 123 cm³/mol. The fourth-order valence-electron chi connectivity index (χ4n) is 3.77. The molecule has 0 spiro atoms. The summed E-state index contributed by atoms with van der Waals surface area (Å²) in [6, 6.07) is 9.21. The molecule has 2 atom stereocenters. The Kier molecular flexibility index (Phi) is 6.78. The van der Waals surface area contributed by atoms with Gasteiger partial charge in [-0.05, 0) is 58.0 Å². The molecule has 0 N–H and O–H groups in total. The Hall–Kier alpha value is -2.49. The smallest absolute Gasteiger partial charge is 0.276 e. The lowest BCUT2D eigenvalue weighted by atomic mass is 10.2. The number of morpholine rings is 1. The number of hydrogen-bond acceptors (Lipinski definition) is 7. The van der Waals surface area contributed by atoms with Gasteiger partial charge in [0.15, 0.2) is 10.9 Å². The molecule has 2 aromatic heterocycles. The third-order valence-electron chi connectivity index (χ3n) is 5.04. The van der Waals surface area contributed by atoms with E-state index in [1.165, 1.54) is 11.8 Å². The molecule has 10 heteroatoms. The van der Waals surface area contributed by atoms with Crippen LogP contribution >= 0.6 is 23.4 Å². The number of amides is 1. The average Bonchev–Trinajstić information content (AvgIpc) is 3.14. The number of ether oxygens (including phenoxy) is 1. The number of benzene rings is 1. The lowest BCUT2D eigenvalue weighted by molar-refractivity contribution is -0.0587. The van der Waals surface area contributed by atoms with Crippen LogP contribution in [-0.4, -0.2) is 61.1 Å². The molecule has 1 aliphatic heterocycles. The molecule has 3 aromatic rings. The molecule has 3 heterocycles. The van der Waals surface area contributed by atoms with Gasteiger partial charge in [-0.3, -0.25) is 4.79 Å². The summed E-state index contributed by atoms with van der Waals surface area (Å²) >= 11 is 7.51. The summed E-state index contributed by atoms with van der Waals surface area (Å²) in [5, 5.41) is 9.87. The summed E-state index contributed by atoms with van der Waals surface area (Å²) in [6.07, 6.45) is -0.0639. The second-order valence-corrected chi connectivity index (χ2v) is 9.34. The molecule has 1 aromatic carbocycles. The standard InChI is InChI=1S/C22H25ClN6O2S/c1-13-9-14(2)25-22(24-13)32-12-19-20(21(30)28-10-15(3)31-16(4)11-28)26-27-29(19)18-7-5-17(23)6-8-18/h5-9,15-16H,10-12H2,1-4H3. The largest absolute Gasteiger partial charge is 0.372 e. The minimum Gasteiger partial charge on any atom is -0.372 e. The van der Waals surface area contributed by atoms with E-state index in [9.17, 15) is 4.79 Å². The van der Waals surface area contributed by atoms with E-state index >= 15 is 0 Å². The Balaban J connectivity index is 1.68. The van der Waals surface area contributed by atoms with E-state index < -0.39 is 0 Å². The Bertz CT molecular complexity index is 1090. The molecular formula is C22H25ClN6O2S. The maximum atomic E-state index is 13.4. The molecule has 0 radical (unpaired) electrons. The Labute approximate surface area is 196 Å². The summed E-state index contributed by atoms with van der Waals surface area (Å²) < 4.78 is 7.46. The summed E-state index contributed by atoms with van der Waals surface area (Å²) in [7, 11) is 0. The SMILES string of the molecule is Cc1cc(C)nc(SCc2c(C(=O)N3CC(C)OC(C)C3)nnn2-c2ccc(Cl)cc2)n1.